The SMILES string of the molecule is COc1ccc(-c2cn3c(CC(=O)N4CCN(c5ccccn5)CC4)csc3n2)cc1OC. The van der Waals surface area contributed by atoms with Gasteiger partial charge in [0, 0.05) is 55.2 Å². The highest BCUT2D eigenvalue weighted by atomic mass is 32.1. The quantitative estimate of drug-likeness (QED) is 0.437. The largest absolute Gasteiger partial charge is 0.493 e. The Morgan fingerprint density at radius 3 is 2.61 bits per heavy atom. The molecule has 0 spiro atoms. The number of imidazole rings is 1. The van der Waals surface area contributed by atoms with Gasteiger partial charge in [-0.25, -0.2) is 9.97 Å². The number of anilines is 1. The Hall–Kier alpha value is -3.59. The van der Waals surface area contributed by atoms with Crippen LogP contribution in [0.25, 0.3) is 16.2 Å². The van der Waals surface area contributed by atoms with Gasteiger partial charge in [-0.05, 0) is 30.3 Å². The van der Waals surface area contributed by atoms with Crippen LogP contribution in [0, 0.1) is 0 Å². The first-order valence-corrected chi connectivity index (χ1v) is 11.7. The van der Waals surface area contributed by atoms with E-state index in [1.165, 1.54) is 0 Å². The molecule has 0 unspecified atom stereocenters. The number of aromatic nitrogens is 3. The predicted molar refractivity (Wildman–Crippen MR) is 128 cm³/mol. The normalized spacial score (nSPS) is 14.0. The van der Waals surface area contributed by atoms with E-state index in [9.17, 15) is 4.79 Å². The highest BCUT2D eigenvalue weighted by molar-refractivity contribution is 7.15. The lowest BCUT2D eigenvalue weighted by Gasteiger charge is -2.35. The molecule has 0 N–H and O–H groups in total. The first kappa shape index (κ1) is 21.3. The number of pyridine rings is 1. The van der Waals surface area contributed by atoms with Gasteiger partial charge in [0.15, 0.2) is 16.5 Å². The molecule has 33 heavy (non-hydrogen) atoms. The molecule has 1 aliphatic rings. The van der Waals surface area contributed by atoms with Crippen molar-refractivity contribution in [1.82, 2.24) is 19.3 Å². The smallest absolute Gasteiger partial charge is 0.228 e. The third-order valence-electron chi connectivity index (χ3n) is 5.90. The molecule has 4 heterocycles. The number of hydrogen-bond donors (Lipinski definition) is 0. The lowest BCUT2D eigenvalue weighted by Crippen LogP contribution is -2.49. The molecule has 0 aliphatic carbocycles. The van der Waals surface area contributed by atoms with E-state index in [0.29, 0.717) is 31.0 Å². The van der Waals surface area contributed by atoms with Crippen LogP contribution in [0.15, 0.2) is 54.2 Å². The van der Waals surface area contributed by atoms with Crippen molar-refractivity contribution < 1.29 is 14.3 Å². The number of amides is 1. The zero-order chi connectivity index (χ0) is 22.8. The van der Waals surface area contributed by atoms with Crippen LogP contribution >= 0.6 is 11.3 Å². The van der Waals surface area contributed by atoms with Crippen LogP contribution in [0.5, 0.6) is 11.5 Å². The minimum absolute atomic E-state index is 0.136. The molecule has 1 fully saturated rings. The van der Waals surface area contributed by atoms with Crippen molar-refractivity contribution in [3.63, 3.8) is 0 Å². The topological polar surface area (TPSA) is 72.2 Å². The summed E-state index contributed by atoms with van der Waals surface area (Å²) in [5.41, 5.74) is 2.72. The second-order valence-electron chi connectivity index (χ2n) is 7.81. The number of fused-ring (bicyclic) bond motifs is 1. The van der Waals surface area contributed by atoms with Gasteiger partial charge in [0.25, 0.3) is 0 Å². The van der Waals surface area contributed by atoms with Crippen LogP contribution in [-0.2, 0) is 11.2 Å². The van der Waals surface area contributed by atoms with E-state index in [1.54, 1.807) is 31.8 Å². The molecule has 5 rings (SSSR count). The summed E-state index contributed by atoms with van der Waals surface area (Å²) in [4.78, 5) is 27.2. The Morgan fingerprint density at radius 2 is 1.88 bits per heavy atom. The number of ether oxygens (including phenoxy) is 2. The van der Waals surface area contributed by atoms with Crippen molar-refractivity contribution in [2.24, 2.45) is 0 Å². The lowest BCUT2D eigenvalue weighted by molar-refractivity contribution is -0.130. The number of carbonyl (C=O) groups is 1. The van der Waals surface area contributed by atoms with Gasteiger partial charge in [-0.15, -0.1) is 11.3 Å². The Labute approximate surface area is 196 Å². The van der Waals surface area contributed by atoms with Crippen molar-refractivity contribution >= 4 is 28.0 Å². The zero-order valence-corrected chi connectivity index (χ0v) is 19.4. The average molecular weight is 464 g/mol. The molecular formula is C24H25N5O3S. The molecule has 0 saturated carbocycles. The maximum absolute atomic E-state index is 13.0. The van der Waals surface area contributed by atoms with Crippen LogP contribution in [0.2, 0.25) is 0 Å². The first-order chi connectivity index (χ1) is 16.2. The third kappa shape index (κ3) is 4.23. The second-order valence-corrected chi connectivity index (χ2v) is 8.64. The molecule has 1 aliphatic heterocycles. The van der Waals surface area contributed by atoms with E-state index >= 15 is 0 Å². The van der Waals surface area contributed by atoms with Gasteiger partial charge in [0.05, 0.1) is 26.3 Å². The molecule has 4 aromatic rings. The van der Waals surface area contributed by atoms with E-state index in [0.717, 1.165) is 40.8 Å². The lowest BCUT2D eigenvalue weighted by atomic mass is 10.1. The second kappa shape index (κ2) is 9.11. The van der Waals surface area contributed by atoms with Crippen LogP contribution in [0.3, 0.4) is 0 Å². The van der Waals surface area contributed by atoms with Gasteiger partial charge in [-0.2, -0.15) is 0 Å². The fraction of sp³-hybridized carbons (Fsp3) is 0.292. The van der Waals surface area contributed by atoms with Gasteiger partial charge >= 0.3 is 0 Å². The molecule has 8 nitrogen and oxygen atoms in total. The fourth-order valence-corrected chi connectivity index (χ4v) is 4.96. The Morgan fingerprint density at radius 1 is 1.06 bits per heavy atom. The molecule has 0 radical (unpaired) electrons. The van der Waals surface area contributed by atoms with Gasteiger partial charge in [0.2, 0.25) is 5.91 Å². The van der Waals surface area contributed by atoms with E-state index in [4.69, 9.17) is 14.5 Å². The highest BCUT2D eigenvalue weighted by Crippen LogP contribution is 2.33. The fourth-order valence-electron chi connectivity index (χ4n) is 4.08. The molecular weight excluding hydrogens is 438 g/mol. The molecule has 3 aromatic heterocycles. The van der Waals surface area contributed by atoms with E-state index in [-0.39, 0.29) is 5.91 Å². The Kier molecular flexibility index (Phi) is 5.87. The average Bonchev–Trinajstić information content (AvgIpc) is 3.46. The monoisotopic (exact) mass is 463 g/mol. The maximum Gasteiger partial charge on any atom is 0.228 e. The number of methoxy groups -OCH3 is 2. The first-order valence-electron chi connectivity index (χ1n) is 10.8. The third-order valence-corrected chi connectivity index (χ3v) is 6.79. The maximum atomic E-state index is 13.0. The van der Waals surface area contributed by atoms with Gasteiger partial charge in [-0.3, -0.25) is 9.20 Å². The predicted octanol–water partition coefficient (Wildman–Crippen LogP) is 3.37. The number of thiazole rings is 1. The molecule has 0 atom stereocenters. The van der Waals surface area contributed by atoms with E-state index in [2.05, 4.69) is 9.88 Å². The molecule has 9 heteroatoms. The summed E-state index contributed by atoms with van der Waals surface area (Å²) >= 11 is 1.54. The van der Waals surface area contributed by atoms with Crippen molar-refractivity contribution in [2.75, 3.05) is 45.3 Å². The molecule has 170 valence electrons. The van der Waals surface area contributed by atoms with Gasteiger partial charge < -0.3 is 19.3 Å². The Balaban J connectivity index is 1.28. The van der Waals surface area contributed by atoms with Crippen LogP contribution in [0.1, 0.15) is 5.69 Å². The van der Waals surface area contributed by atoms with Crippen LogP contribution in [-0.4, -0.2) is 65.6 Å². The number of carbonyl (C=O) groups excluding carboxylic acids is 1. The number of piperazine rings is 1. The van der Waals surface area contributed by atoms with Gasteiger partial charge in [0.1, 0.15) is 5.82 Å². The summed E-state index contributed by atoms with van der Waals surface area (Å²) in [6.45, 7) is 2.97. The summed E-state index contributed by atoms with van der Waals surface area (Å²) < 4.78 is 12.8. The number of benzene rings is 1. The number of rotatable bonds is 6. The molecule has 1 amide bonds. The zero-order valence-electron chi connectivity index (χ0n) is 18.6. The van der Waals surface area contributed by atoms with Crippen molar-refractivity contribution in [1.29, 1.82) is 0 Å². The van der Waals surface area contributed by atoms with Gasteiger partial charge in [-0.1, -0.05) is 6.07 Å². The van der Waals surface area contributed by atoms with Crippen LogP contribution in [0.4, 0.5) is 5.82 Å². The number of nitrogens with zero attached hydrogens (tertiary/aromatic N) is 5. The number of hydrogen-bond acceptors (Lipinski definition) is 7. The van der Waals surface area contributed by atoms with E-state index in [1.807, 2.05) is 57.3 Å². The minimum atomic E-state index is 0.136. The van der Waals surface area contributed by atoms with Crippen molar-refractivity contribution in [3.05, 3.63) is 59.9 Å². The summed E-state index contributed by atoms with van der Waals surface area (Å²) in [5.74, 6) is 2.44. The summed E-state index contributed by atoms with van der Waals surface area (Å²) in [7, 11) is 3.24. The van der Waals surface area contributed by atoms with E-state index < -0.39 is 0 Å². The minimum Gasteiger partial charge on any atom is -0.493 e. The highest BCUT2D eigenvalue weighted by Gasteiger charge is 2.23. The van der Waals surface area contributed by atoms with Crippen molar-refractivity contribution in [2.45, 2.75) is 6.42 Å². The summed E-state index contributed by atoms with van der Waals surface area (Å²) in [6, 6.07) is 11.7. The molecule has 1 saturated heterocycles. The molecule has 1 aromatic carbocycles. The standard InChI is InChI=1S/C24H25N5O3S/c1-31-20-7-6-17(13-21(20)32-2)19-15-29-18(16-33-24(29)26-19)14-23(30)28-11-9-27(10-12-28)22-5-3-4-8-25-22/h3-8,13,15-16H,9-12,14H2,1-2H3. The Bertz CT molecular complexity index is 1260. The van der Waals surface area contributed by atoms with Crippen molar-refractivity contribution in [3.8, 4) is 22.8 Å². The van der Waals surface area contributed by atoms with Crippen LogP contribution < -0.4 is 14.4 Å². The summed E-state index contributed by atoms with van der Waals surface area (Å²) in [6.07, 6.45) is 4.14. The molecule has 0 bridgehead atoms. The summed E-state index contributed by atoms with van der Waals surface area (Å²) in [5, 5.41) is 2.02.